The summed E-state index contributed by atoms with van der Waals surface area (Å²) in [6.07, 6.45) is 1.33. The van der Waals surface area contributed by atoms with Crippen LogP contribution in [-0.4, -0.2) is 50.7 Å². The summed E-state index contributed by atoms with van der Waals surface area (Å²) >= 11 is 0. The maximum atomic E-state index is 13.5. The lowest BCUT2D eigenvalue weighted by atomic mass is 9.85. The number of ether oxygens (including phenoxy) is 2. The fraction of sp³-hybridized carbons (Fsp3) is 0.412. The second-order valence-electron chi connectivity index (χ2n) is 12.1. The zero-order chi connectivity index (χ0) is 31.6. The van der Waals surface area contributed by atoms with Crippen LogP contribution in [0.4, 0.5) is 0 Å². The number of aromatic nitrogens is 4. The minimum atomic E-state index is -0.785. The smallest absolute Gasteiger partial charge is 0.350 e. The standard InChI is InChI=1S/C34H36N4O6/c1-8-19-14(2)21-13-26-28(18(6)39)16(4)23(36-26)11-22-15(3)20(9-10-27(40)43-7)31(37-22)30-32-29(33(41)44-34(30)42)17(5)24(38-32)12-25(19)35-21/h11-15,19-20,36,38H,8-10H2,1-7H3/t14-,15+,19-,20+/m1/s1. The van der Waals surface area contributed by atoms with Gasteiger partial charge < -0.3 is 19.4 Å². The van der Waals surface area contributed by atoms with E-state index in [9.17, 15) is 19.2 Å². The quantitative estimate of drug-likeness (QED) is 0.191. The molecule has 2 N–H and O–H groups in total. The number of Topliss-reactive ketones (excluding diaryl/α,β-unsaturated/α-hetero) is 1. The Kier molecular flexibility index (Phi) is 7.26. The molecular formula is C34H36N4O6. The molecule has 10 heteroatoms. The van der Waals surface area contributed by atoms with Gasteiger partial charge in [-0.3, -0.25) is 19.6 Å². The van der Waals surface area contributed by atoms with E-state index in [1.54, 1.807) is 6.92 Å². The molecule has 3 aliphatic heterocycles. The van der Waals surface area contributed by atoms with Gasteiger partial charge in [-0.1, -0.05) is 20.8 Å². The third-order valence-electron chi connectivity index (χ3n) is 9.64. The number of hydrogen-bond acceptors (Lipinski definition) is 8. The summed E-state index contributed by atoms with van der Waals surface area (Å²) in [4.78, 5) is 68.5. The Hall–Kier alpha value is -4.60. The van der Waals surface area contributed by atoms with Gasteiger partial charge in [0, 0.05) is 63.8 Å². The van der Waals surface area contributed by atoms with Crippen molar-refractivity contribution in [3.05, 3.63) is 68.8 Å². The van der Waals surface area contributed by atoms with Crippen LogP contribution in [-0.2, 0) is 14.3 Å². The van der Waals surface area contributed by atoms with E-state index in [0.29, 0.717) is 51.0 Å². The maximum Gasteiger partial charge on any atom is 0.350 e. The van der Waals surface area contributed by atoms with E-state index in [-0.39, 0.29) is 47.4 Å². The van der Waals surface area contributed by atoms with Gasteiger partial charge >= 0.3 is 17.9 Å². The Labute approximate surface area is 254 Å². The van der Waals surface area contributed by atoms with E-state index in [0.717, 1.165) is 28.9 Å². The van der Waals surface area contributed by atoms with E-state index < -0.39 is 11.9 Å². The van der Waals surface area contributed by atoms with Crippen LogP contribution in [0, 0.1) is 13.8 Å². The first kappa shape index (κ1) is 29.5. The van der Waals surface area contributed by atoms with Crippen molar-refractivity contribution in [3.8, 4) is 0 Å². The van der Waals surface area contributed by atoms with Gasteiger partial charge in [0.05, 0.1) is 29.4 Å². The molecule has 0 saturated carbocycles. The number of cyclic esters (lactones) is 2. The van der Waals surface area contributed by atoms with Crippen LogP contribution >= 0.6 is 0 Å². The number of aryl methyl sites for hydroxylation is 2. The number of rotatable bonds is 5. The highest BCUT2D eigenvalue weighted by Crippen LogP contribution is 2.44. The first-order valence-corrected chi connectivity index (χ1v) is 15.1. The van der Waals surface area contributed by atoms with Gasteiger partial charge in [0.15, 0.2) is 5.78 Å². The lowest BCUT2D eigenvalue weighted by Crippen LogP contribution is -2.21. The number of hydrogen-bond donors (Lipinski definition) is 2. The predicted octanol–water partition coefficient (Wildman–Crippen LogP) is 6.58. The van der Waals surface area contributed by atoms with Crippen molar-refractivity contribution >= 4 is 45.8 Å². The third kappa shape index (κ3) is 4.55. The molecule has 6 heterocycles. The number of esters is 3. The van der Waals surface area contributed by atoms with E-state index in [4.69, 9.17) is 19.4 Å². The van der Waals surface area contributed by atoms with Gasteiger partial charge in [0.1, 0.15) is 5.56 Å². The van der Waals surface area contributed by atoms with Crippen molar-refractivity contribution in [2.75, 3.05) is 7.11 Å². The summed E-state index contributed by atoms with van der Waals surface area (Å²) in [5.41, 5.74) is 7.77. The molecular weight excluding hydrogens is 560 g/mol. The zero-order valence-corrected chi connectivity index (χ0v) is 26.0. The molecule has 0 fully saturated rings. The summed E-state index contributed by atoms with van der Waals surface area (Å²) in [5.74, 6) is -2.28. The summed E-state index contributed by atoms with van der Waals surface area (Å²) in [5, 5.41) is 0. The second kappa shape index (κ2) is 10.8. The SMILES string of the molecule is CC[C@H]1c2cc3[nH]c4c(c5nc(cc6[nH]c(cc(n2)[C@@H]1C)c(C(C)=O)c6C)[C@@H](C)[C@@H]5CCC(=O)OC)C(=O)OC(=O)c4c3C. The number of nitrogens with one attached hydrogen (secondary N) is 2. The molecule has 0 unspecified atom stereocenters. The highest BCUT2D eigenvalue weighted by atomic mass is 16.6. The number of ketones is 1. The molecule has 0 aromatic carbocycles. The van der Waals surface area contributed by atoms with Crippen LogP contribution in [0.1, 0.15) is 136 Å². The molecule has 0 amide bonds. The number of H-pyrrole nitrogens is 2. The van der Waals surface area contributed by atoms with Gasteiger partial charge in [-0.25, -0.2) is 9.59 Å². The molecule has 228 valence electrons. The van der Waals surface area contributed by atoms with Crippen LogP contribution in [0.3, 0.4) is 0 Å². The molecule has 3 aromatic rings. The van der Waals surface area contributed by atoms with E-state index in [1.165, 1.54) is 7.11 Å². The molecule has 0 radical (unpaired) electrons. The van der Waals surface area contributed by atoms with Gasteiger partial charge in [-0.05, 0) is 62.9 Å². The number of nitrogens with zero attached hydrogens (tertiary/aromatic N) is 2. The number of carbonyl (C=O) groups excluding carboxylic acids is 4. The lowest BCUT2D eigenvalue weighted by Gasteiger charge is -2.18. The molecule has 44 heavy (non-hydrogen) atoms. The van der Waals surface area contributed by atoms with Gasteiger partial charge in [0.25, 0.3) is 0 Å². The average Bonchev–Trinajstić information content (AvgIpc) is 3.65. The average molecular weight is 597 g/mol. The van der Waals surface area contributed by atoms with Crippen LogP contribution in [0.5, 0.6) is 0 Å². The highest BCUT2D eigenvalue weighted by molar-refractivity contribution is 6.18. The van der Waals surface area contributed by atoms with Crippen LogP contribution in [0.2, 0.25) is 0 Å². The fourth-order valence-corrected chi connectivity index (χ4v) is 7.10. The van der Waals surface area contributed by atoms with Crippen LogP contribution < -0.4 is 0 Å². The maximum absolute atomic E-state index is 13.5. The molecule has 6 rings (SSSR count). The van der Waals surface area contributed by atoms with Crippen molar-refractivity contribution in [1.82, 2.24) is 19.9 Å². The first-order chi connectivity index (χ1) is 20.9. The number of fused-ring (bicyclic) bond motifs is 8. The summed E-state index contributed by atoms with van der Waals surface area (Å²) in [6.45, 7) is 11.5. The molecule has 8 bridgehead atoms. The second-order valence-corrected chi connectivity index (χ2v) is 12.1. The Morgan fingerprint density at radius 2 is 1.48 bits per heavy atom. The molecule has 4 atom stereocenters. The lowest BCUT2D eigenvalue weighted by molar-refractivity contribution is -0.140. The van der Waals surface area contributed by atoms with Crippen LogP contribution in [0.15, 0.2) is 18.2 Å². The summed E-state index contributed by atoms with van der Waals surface area (Å²) in [6, 6.07) is 5.81. The van der Waals surface area contributed by atoms with Crippen molar-refractivity contribution in [2.24, 2.45) is 0 Å². The largest absolute Gasteiger partial charge is 0.469 e. The molecule has 0 aliphatic carbocycles. The molecule has 0 spiro atoms. The molecule has 3 aromatic heterocycles. The van der Waals surface area contributed by atoms with Gasteiger partial charge in [-0.2, -0.15) is 0 Å². The third-order valence-corrected chi connectivity index (χ3v) is 9.64. The Balaban J connectivity index is 1.78. The first-order valence-electron chi connectivity index (χ1n) is 15.1. The molecule has 10 nitrogen and oxygen atoms in total. The number of methoxy groups -OCH3 is 1. The number of carbonyl (C=O) groups is 4. The van der Waals surface area contributed by atoms with E-state index in [2.05, 4.69) is 23.8 Å². The van der Waals surface area contributed by atoms with Crippen molar-refractivity contribution in [3.63, 3.8) is 0 Å². The molecule has 0 saturated heterocycles. The zero-order valence-electron chi connectivity index (χ0n) is 26.0. The summed E-state index contributed by atoms with van der Waals surface area (Å²) in [7, 11) is 1.34. The number of aromatic amines is 2. The highest BCUT2D eigenvalue weighted by Gasteiger charge is 2.39. The normalized spacial score (nSPS) is 20.9. The van der Waals surface area contributed by atoms with Crippen molar-refractivity contribution in [1.29, 1.82) is 0 Å². The summed E-state index contributed by atoms with van der Waals surface area (Å²) < 4.78 is 10.2. The molecule has 3 aliphatic rings. The van der Waals surface area contributed by atoms with Gasteiger partial charge in [0.2, 0.25) is 0 Å². The Bertz CT molecular complexity index is 1930. The monoisotopic (exact) mass is 596 g/mol. The van der Waals surface area contributed by atoms with Crippen LogP contribution in [0.25, 0.3) is 22.1 Å². The van der Waals surface area contributed by atoms with E-state index >= 15 is 0 Å². The minimum Gasteiger partial charge on any atom is -0.469 e. The van der Waals surface area contributed by atoms with Crippen molar-refractivity contribution in [2.45, 2.75) is 84.5 Å². The van der Waals surface area contributed by atoms with Crippen molar-refractivity contribution < 1.29 is 28.7 Å². The Morgan fingerprint density at radius 3 is 2.16 bits per heavy atom. The fourth-order valence-electron chi connectivity index (χ4n) is 7.10. The minimum absolute atomic E-state index is 0.0619. The van der Waals surface area contributed by atoms with Gasteiger partial charge in [-0.15, -0.1) is 0 Å². The topological polar surface area (TPSA) is 144 Å². The Morgan fingerprint density at radius 1 is 0.864 bits per heavy atom. The van der Waals surface area contributed by atoms with E-state index in [1.807, 2.05) is 39.0 Å². The predicted molar refractivity (Wildman–Crippen MR) is 164 cm³/mol.